The summed E-state index contributed by atoms with van der Waals surface area (Å²) in [5, 5.41) is 6.72. The monoisotopic (exact) mass is 383 g/mol. The lowest BCUT2D eigenvalue weighted by Gasteiger charge is -2.18. The van der Waals surface area contributed by atoms with Crippen LogP contribution in [-0.4, -0.2) is 17.5 Å². The number of carbonyl (C=O) groups is 2. The Labute approximate surface area is 165 Å². The molecule has 5 nitrogen and oxygen atoms in total. The van der Waals surface area contributed by atoms with E-state index in [9.17, 15) is 14.0 Å². The van der Waals surface area contributed by atoms with Crippen LogP contribution in [0.5, 0.6) is 0 Å². The first kappa shape index (κ1) is 21.3. The van der Waals surface area contributed by atoms with E-state index in [-0.39, 0.29) is 29.5 Å². The highest BCUT2D eigenvalue weighted by Gasteiger charge is 2.14. The van der Waals surface area contributed by atoms with Crippen LogP contribution in [0.25, 0.3) is 0 Å². The van der Waals surface area contributed by atoms with E-state index in [2.05, 4.69) is 36.6 Å². The molecule has 0 atom stereocenters. The summed E-state index contributed by atoms with van der Waals surface area (Å²) in [4.78, 5) is 24.1. The maximum absolute atomic E-state index is 12.9. The zero-order valence-corrected chi connectivity index (χ0v) is 16.7. The van der Waals surface area contributed by atoms with Gasteiger partial charge in [0.25, 0.3) is 5.91 Å². The van der Waals surface area contributed by atoms with Gasteiger partial charge in [0.15, 0.2) is 0 Å². The molecule has 0 unspecified atom stereocenters. The Morgan fingerprint density at radius 3 is 2.18 bits per heavy atom. The van der Waals surface area contributed by atoms with Crippen LogP contribution in [0, 0.1) is 5.82 Å². The van der Waals surface area contributed by atoms with Gasteiger partial charge in [-0.15, -0.1) is 0 Å². The number of nitrogens with zero attached hydrogens (tertiary/aromatic N) is 1. The number of carbonyl (C=O) groups excluding carboxylic acids is 2. The molecule has 148 valence electrons. The first-order valence-electron chi connectivity index (χ1n) is 9.10. The molecule has 0 saturated carbocycles. The Hall–Kier alpha value is -3.02. The van der Waals surface area contributed by atoms with E-state index in [1.807, 2.05) is 12.1 Å². The van der Waals surface area contributed by atoms with Gasteiger partial charge in [-0.05, 0) is 47.7 Å². The van der Waals surface area contributed by atoms with E-state index in [4.69, 9.17) is 0 Å². The summed E-state index contributed by atoms with van der Waals surface area (Å²) in [6, 6.07) is 13.3. The minimum atomic E-state index is -0.327. The van der Waals surface area contributed by atoms with Crippen molar-refractivity contribution in [3.05, 3.63) is 71.0 Å². The molecule has 0 aliphatic rings. The fourth-order valence-corrected chi connectivity index (χ4v) is 2.47. The van der Waals surface area contributed by atoms with Crippen molar-refractivity contribution in [1.29, 1.82) is 0 Å². The minimum Gasteiger partial charge on any atom is -0.352 e. The normalized spacial score (nSPS) is 11.8. The van der Waals surface area contributed by atoms with Crippen molar-refractivity contribution < 1.29 is 14.0 Å². The zero-order chi connectivity index (χ0) is 20.7. The van der Waals surface area contributed by atoms with Crippen molar-refractivity contribution in [2.45, 2.75) is 46.1 Å². The van der Waals surface area contributed by atoms with Gasteiger partial charge < -0.3 is 5.32 Å². The molecule has 0 aromatic heterocycles. The fourth-order valence-electron chi connectivity index (χ4n) is 2.47. The number of nitrogens with one attached hydrogen (secondary N) is 2. The van der Waals surface area contributed by atoms with E-state index in [1.54, 1.807) is 31.2 Å². The second-order valence-electron chi connectivity index (χ2n) is 7.70. The summed E-state index contributed by atoms with van der Waals surface area (Å²) in [6.45, 7) is 8.30. The average molecular weight is 383 g/mol. The second-order valence-corrected chi connectivity index (χ2v) is 7.70. The van der Waals surface area contributed by atoms with E-state index in [0.717, 1.165) is 11.1 Å². The van der Waals surface area contributed by atoms with Gasteiger partial charge in [0.05, 0.1) is 6.42 Å². The lowest BCUT2D eigenvalue weighted by Crippen LogP contribution is -2.26. The van der Waals surface area contributed by atoms with Crippen molar-refractivity contribution in [1.82, 2.24) is 10.7 Å². The number of rotatable bonds is 6. The summed E-state index contributed by atoms with van der Waals surface area (Å²) in [5.74, 6) is -0.872. The maximum Gasteiger partial charge on any atom is 0.271 e. The van der Waals surface area contributed by atoms with Crippen molar-refractivity contribution in [2.75, 3.05) is 0 Å². The molecule has 2 amide bonds. The van der Waals surface area contributed by atoms with Gasteiger partial charge in [0, 0.05) is 17.8 Å². The predicted molar refractivity (Wildman–Crippen MR) is 109 cm³/mol. The number of hydrogen-bond acceptors (Lipinski definition) is 3. The molecular weight excluding hydrogens is 357 g/mol. The van der Waals surface area contributed by atoms with Gasteiger partial charge in [-0.3, -0.25) is 9.59 Å². The van der Waals surface area contributed by atoms with Crippen molar-refractivity contribution >= 4 is 17.5 Å². The highest BCUT2D eigenvalue weighted by atomic mass is 19.1. The molecular formula is C22H26FN3O2. The summed E-state index contributed by atoms with van der Waals surface area (Å²) < 4.78 is 12.9. The summed E-state index contributed by atoms with van der Waals surface area (Å²) in [5.41, 5.74) is 5.42. The second kappa shape index (κ2) is 9.26. The predicted octanol–water partition coefficient (Wildman–Crippen LogP) is 3.94. The third-order valence-corrected chi connectivity index (χ3v) is 4.18. The lowest BCUT2D eigenvalue weighted by atomic mass is 9.87. The molecule has 0 radical (unpaired) electrons. The number of benzene rings is 2. The SMILES string of the molecule is CC(CC(=O)NCc1ccc(F)cc1)=NNC(=O)c1ccc(C(C)(C)C)cc1. The van der Waals surface area contributed by atoms with Crippen LogP contribution < -0.4 is 10.7 Å². The van der Waals surface area contributed by atoms with Gasteiger partial charge in [0.2, 0.25) is 5.91 Å². The zero-order valence-electron chi connectivity index (χ0n) is 16.7. The van der Waals surface area contributed by atoms with E-state index in [0.29, 0.717) is 17.8 Å². The standard InChI is InChI=1S/C22H26FN3O2/c1-15(13-20(27)24-14-16-5-11-19(23)12-6-16)25-26-21(28)17-7-9-18(10-8-17)22(2,3)4/h5-12H,13-14H2,1-4H3,(H,24,27)(H,26,28). The molecule has 0 aliphatic carbocycles. The van der Waals surface area contributed by atoms with Crippen LogP contribution in [0.4, 0.5) is 4.39 Å². The van der Waals surface area contributed by atoms with E-state index in [1.165, 1.54) is 12.1 Å². The summed E-state index contributed by atoms with van der Waals surface area (Å²) in [6.07, 6.45) is 0.0600. The highest BCUT2D eigenvalue weighted by molar-refractivity contribution is 6.01. The number of hydrazone groups is 1. The summed E-state index contributed by atoms with van der Waals surface area (Å²) in [7, 11) is 0. The topological polar surface area (TPSA) is 70.6 Å². The first-order valence-corrected chi connectivity index (χ1v) is 9.10. The molecule has 6 heteroatoms. The van der Waals surface area contributed by atoms with E-state index >= 15 is 0 Å². The Kier molecular flexibility index (Phi) is 7.04. The Balaban J connectivity index is 1.83. The smallest absolute Gasteiger partial charge is 0.271 e. The largest absolute Gasteiger partial charge is 0.352 e. The van der Waals surface area contributed by atoms with Crippen molar-refractivity contribution in [2.24, 2.45) is 5.10 Å². The average Bonchev–Trinajstić information content (AvgIpc) is 2.65. The molecule has 0 spiro atoms. The number of hydrogen-bond donors (Lipinski definition) is 2. The van der Waals surface area contributed by atoms with Gasteiger partial charge in [-0.2, -0.15) is 5.10 Å². The number of amides is 2. The van der Waals surface area contributed by atoms with Crippen LogP contribution in [0.15, 0.2) is 53.6 Å². The molecule has 28 heavy (non-hydrogen) atoms. The highest BCUT2D eigenvalue weighted by Crippen LogP contribution is 2.22. The molecule has 2 aromatic rings. The third kappa shape index (κ3) is 6.61. The Morgan fingerprint density at radius 1 is 1.00 bits per heavy atom. The molecule has 2 N–H and O–H groups in total. The van der Waals surface area contributed by atoms with Crippen molar-refractivity contribution in [3.8, 4) is 0 Å². The van der Waals surface area contributed by atoms with Gasteiger partial charge in [-0.25, -0.2) is 9.82 Å². The van der Waals surface area contributed by atoms with Gasteiger partial charge >= 0.3 is 0 Å². The molecule has 2 rings (SSSR count). The van der Waals surface area contributed by atoms with Gasteiger partial charge in [-0.1, -0.05) is 45.0 Å². The van der Waals surface area contributed by atoms with Crippen molar-refractivity contribution in [3.63, 3.8) is 0 Å². The van der Waals surface area contributed by atoms with Crippen LogP contribution in [0.2, 0.25) is 0 Å². The summed E-state index contributed by atoms with van der Waals surface area (Å²) >= 11 is 0. The maximum atomic E-state index is 12.9. The van der Waals surface area contributed by atoms with Crippen LogP contribution in [-0.2, 0) is 16.8 Å². The lowest BCUT2D eigenvalue weighted by molar-refractivity contribution is -0.120. The Bertz CT molecular complexity index is 851. The third-order valence-electron chi connectivity index (χ3n) is 4.18. The molecule has 0 fully saturated rings. The molecule has 0 heterocycles. The molecule has 0 bridgehead atoms. The van der Waals surface area contributed by atoms with Crippen LogP contribution in [0.3, 0.4) is 0 Å². The quantitative estimate of drug-likeness (QED) is 0.586. The first-order chi connectivity index (χ1) is 13.1. The molecule has 0 saturated heterocycles. The molecule has 0 aliphatic heterocycles. The fraction of sp³-hybridized carbons (Fsp3) is 0.318. The van der Waals surface area contributed by atoms with Crippen LogP contribution in [0.1, 0.15) is 55.6 Å². The molecule has 2 aromatic carbocycles. The van der Waals surface area contributed by atoms with E-state index < -0.39 is 0 Å². The number of halogens is 1. The minimum absolute atomic E-state index is 0.0189. The van der Waals surface area contributed by atoms with Crippen LogP contribution >= 0.6 is 0 Å². The Morgan fingerprint density at radius 2 is 1.61 bits per heavy atom. The van der Waals surface area contributed by atoms with Gasteiger partial charge in [0.1, 0.15) is 5.82 Å².